The third-order valence-corrected chi connectivity index (χ3v) is 9.29. The van der Waals surface area contributed by atoms with Gasteiger partial charge in [0, 0.05) is 23.9 Å². The van der Waals surface area contributed by atoms with Gasteiger partial charge < -0.3 is 26.4 Å². The molecule has 12 heteroatoms. The number of carbonyl (C=O) groups excluding carboxylic acids is 4. The van der Waals surface area contributed by atoms with Crippen molar-refractivity contribution in [3.05, 3.63) is 52.0 Å². The molecule has 1 fully saturated rings. The Bertz CT molecular complexity index is 1310. The van der Waals surface area contributed by atoms with Gasteiger partial charge in [0.25, 0.3) is 5.91 Å². The van der Waals surface area contributed by atoms with Crippen LogP contribution in [0.5, 0.6) is 0 Å². The standard InChI is InChI=1S/C33H47N5O6S/c1-6-20(4)28(38-29(40)24-13-10-14-34-24)31(42)36-25(19(2)3)17-27(39)32-37-26(18-45-32)30(41)35-23(15-21(5)33(43)44)16-22-11-8-7-9-12-22/h7-9,11-12,18-21,23-25,28,34H,6,10,13-17H2,1-5H3,(H,35,41)(H,36,42)(H,38,40)(H,43,44)/t20-,21-,23+,24-,25+,28-/m0/s1. The lowest BCUT2D eigenvalue weighted by molar-refractivity contribution is -0.141. The average molecular weight is 642 g/mol. The summed E-state index contributed by atoms with van der Waals surface area (Å²) < 4.78 is 0. The van der Waals surface area contributed by atoms with Crippen molar-refractivity contribution in [2.75, 3.05) is 6.54 Å². The number of nitrogens with one attached hydrogen (secondary N) is 4. The van der Waals surface area contributed by atoms with Crippen LogP contribution in [0.3, 0.4) is 0 Å². The van der Waals surface area contributed by atoms with Crippen molar-refractivity contribution >= 4 is 40.8 Å². The van der Waals surface area contributed by atoms with Gasteiger partial charge in [0.15, 0.2) is 10.8 Å². The number of carboxylic acid groups (broad SMARTS) is 1. The van der Waals surface area contributed by atoms with E-state index in [1.807, 2.05) is 58.0 Å². The second-order valence-corrected chi connectivity index (χ2v) is 13.2. The first kappa shape index (κ1) is 35.8. The zero-order chi connectivity index (χ0) is 33.1. The van der Waals surface area contributed by atoms with Gasteiger partial charge in [0.05, 0.1) is 12.0 Å². The van der Waals surface area contributed by atoms with Crippen molar-refractivity contribution in [2.45, 2.75) is 97.3 Å². The van der Waals surface area contributed by atoms with E-state index in [9.17, 15) is 29.1 Å². The van der Waals surface area contributed by atoms with Gasteiger partial charge in [0.1, 0.15) is 11.7 Å². The molecule has 3 rings (SSSR count). The van der Waals surface area contributed by atoms with E-state index in [-0.39, 0.29) is 59.0 Å². The molecule has 0 saturated carbocycles. The first-order valence-electron chi connectivity index (χ1n) is 15.8. The van der Waals surface area contributed by atoms with E-state index in [0.717, 1.165) is 36.3 Å². The van der Waals surface area contributed by atoms with Crippen LogP contribution in [0.25, 0.3) is 0 Å². The van der Waals surface area contributed by atoms with Gasteiger partial charge >= 0.3 is 5.97 Å². The van der Waals surface area contributed by atoms with Gasteiger partial charge in [-0.3, -0.25) is 24.0 Å². The van der Waals surface area contributed by atoms with Crippen LogP contribution < -0.4 is 21.3 Å². The second-order valence-electron chi connectivity index (χ2n) is 12.4. The van der Waals surface area contributed by atoms with Crippen LogP contribution in [-0.4, -0.2) is 70.3 Å². The number of hydrogen-bond donors (Lipinski definition) is 5. The maximum Gasteiger partial charge on any atom is 0.306 e. The third kappa shape index (κ3) is 10.7. The molecule has 1 saturated heterocycles. The Morgan fingerprint density at radius 1 is 1.04 bits per heavy atom. The van der Waals surface area contributed by atoms with Crippen molar-refractivity contribution in [1.82, 2.24) is 26.3 Å². The summed E-state index contributed by atoms with van der Waals surface area (Å²) in [6, 6.07) is 7.49. The highest BCUT2D eigenvalue weighted by Crippen LogP contribution is 2.19. The number of rotatable bonds is 17. The van der Waals surface area contributed by atoms with Crippen LogP contribution in [0.4, 0.5) is 0 Å². The Morgan fingerprint density at radius 2 is 1.76 bits per heavy atom. The number of amides is 3. The van der Waals surface area contributed by atoms with Gasteiger partial charge in [0.2, 0.25) is 11.8 Å². The SMILES string of the molecule is CC[C@H](C)[C@H](NC(=O)[C@@H]1CCCN1)C(=O)N[C@H](CC(=O)c1nc(C(=O)N[C@@H](Cc2ccccc2)C[C@H](C)C(=O)O)cs1)C(C)C. The Balaban J connectivity index is 1.66. The Kier molecular flexibility index (Phi) is 13.7. The van der Waals surface area contributed by atoms with Gasteiger partial charge in [-0.25, -0.2) is 4.98 Å². The van der Waals surface area contributed by atoms with Gasteiger partial charge in [-0.2, -0.15) is 0 Å². The quantitative estimate of drug-likeness (QED) is 0.164. The molecule has 1 aliphatic rings. The van der Waals surface area contributed by atoms with Crippen molar-refractivity contribution < 1.29 is 29.1 Å². The molecular weight excluding hydrogens is 594 g/mol. The molecule has 0 radical (unpaired) electrons. The van der Waals surface area contributed by atoms with Crippen molar-refractivity contribution in [2.24, 2.45) is 17.8 Å². The average Bonchev–Trinajstić information content (AvgIpc) is 3.73. The lowest BCUT2D eigenvalue weighted by Crippen LogP contribution is -2.56. The van der Waals surface area contributed by atoms with E-state index in [1.165, 1.54) is 5.38 Å². The number of ketones is 1. The number of benzene rings is 1. The molecule has 1 aliphatic heterocycles. The van der Waals surface area contributed by atoms with E-state index >= 15 is 0 Å². The Labute approximate surface area is 269 Å². The fourth-order valence-corrected chi connectivity index (χ4v) is 6.01. The van der Waals surface area contributed by atoms with E-state index in [4.69, 9.17) is 0 Å². The smallest absolute Gasteiger partial charge is 0.306 e. The maximum absolute atomic E-state index is 13.4. The molecule has 0 spiro atoms. The van der Waals surface area contributed by atoms with Gasteiger partial charge in [-0.1, -0.05) is 71.4 Å². The van der Waals surface area contributed by atoms with Crippen molar-refractivity contribution in [3.63, 3.8) is 0 Å². The summed E-state index contributed by atoms with van der Waals surface area (Å²) >= 11 is 1.05. The Morgan fingerprint density at radius 3 is 2.36 bits per heavy atom. The number of Topliss-reactive ketones (excluding diaryl/α,β-unsaturated/α-hetero) is 1. The zero-order valence-corrected chi connectivity index (χ0v) is 27.6. The number of nitrogens with zero attached hydrogens (tertiary/aromatic N) is 1. The molecule has 0 aliphatic carbocycles. The molecule has 45 heavy (non-hydrogen) atoms. The maximum atomic E-state index is 13.4. The number of carboxylic acids is 1. The van der Waals surface area contributed by atoms with Crippen LogP contribution in [0.2, 0.25) is 0 Å². The third-order valence-electron chi connectivity index (χ3n) is 8.40. The van der Waals surface area contributed by atoms with Gasteiger partial charge in [-0.05, 0) is 49.6 Å². The Hall–Kier alpha value is -3.64. The number of aliphatic carboxylic acids is 1. The highest BCUT2D eigenvalue weighted by molar-refractivity contribution is 7.11. The minimum absolute atomic E-state index is 0.0178. The molecule has 2 aromatic rings. The van der Waals surface area contributed by atoms with Crippen LogP contribution in [-0.2, 0) is 20.8 Å². The first-order valence-corrected chi connectivity index (χ1v) is 16.7. The van der Waals surface area contributed by atoms with Crippen LogP contribution in [0.1, 0.15) is 92.6 Å². The minimum atomic E-state index is -0.945. The first-order chi connectivity index (χ1) is 21.4. The van der Waals surface area contributed by atoms with E-state index in [0.29, 0.717) is 12.8 Å². The van der Waals surface area contributed by atoms with Gasteiger partial charge in [-0.15, -0.1) is 11.3 Å². The summed E-state index contributed by atoms with van der Waals surface area (Å²) in [4.78, 5) is 68.4. The van der Waals surface area contributed by atoms with E-state index in [2.05, 4.69) is 26.3 Å². The lowest BCUT2D eigenvalue weighted by Gasteiger charge is -2.29. The molecule has 2 heterocycles. The number of thiazole rings is 1. The van der Waals surface area contributed by atoms with Crippen LogP contribution in [0.15, 0.2) is 35.7 Å². The summed E-state index contributed by atoms with van der Waals surface area (Å²) in [6.07, 6.45) is 2.99. The lowest BCUT2D eigenvalue weighted by atomic mass is 9.94. The highest BCUT2D eigenvalue weighted by Gasteiger charge is 2.32. The zero-order valence-electron chi connectivity index (χ0n) is 26.8. The molecule has 246 valence electrons. The predicted molar refractivity (Wildman–Crippen MR) is 173 cm³/mol. The fourth-order valence-electron chi connectivity index (χ4n) is 5.26. The minimum Gasteiger partial charge on any atom is -0.481 e. The molecule has 11 nitrogen and oxygen atoms in total. The highest BCUT2D eigenvalue weighted by atomic mass is 32.1. The predicted octanol–water partition coefficient (Wildman–Crippen LogP) is 3.59. The monoisotopic (exact) mass is 641 g/mol. The summed E-state index contributed by atoms with van der Waals surface area (Å²) in [5.74, 6) is -3.12. The van der Waals surface area contributed by atoms with Crippen molar-refractivity contribution in [3.8, 4) is 0 Å². The number of carbonyl (C=O) groups is 5. The summed E-state index contributed by atoms with van der Waals surface area (Å²) in [5, 5.41) is 23.1. The molecule has 0 unspecified atom stereocenters. The number of hydrogen-bond acceptors (Lipinski definition) is 8. The summed E-state index contributed by atoms with van der Waals surface area (Å²) in [7, 11) is 0. The number of aromatic nitrogens is 1. The van der Waals surface area contributed by atoms with Crippen LogP contribution in [0, 0.1) is 17.8 Å². The molecule has 0 bridgehead atoms. The van der Waals surface area contributed by atoms with Crippen LogP contribution >= 0.6 is 11.3 Å². The molecule has 6 atom stereocenters. The van der Waals surface area contributed by atoms with Crippen molar-refractivity contribution in [1.29, 1.82) is 0 Å². The largest absolute Gasteiger partial charge is 0.481 e. The molecule has 1 aromatic heterocycles. The van der Waals surface area contributed by atoms with E-state index in [1.54, 1.807) is 6.92 Å². The summed E-state index contributed by atoms with van der Waals surface area (Å²) in [5.41, 5.74) is 1.04. The fraction of sp³-hybridized carbons (Fsp3) is 0.576. The molecular formula is C33H47N5O6S. The summed E-state index contributed by atoms with van der Waals surface area (Å²) in [6.45, 7) is 10.1. The molecule has 5 N–H and O–H groups in total. The molecule has 1 aromatic carbocycles. The normalized spacial score (nSPS) is 18.0. The molecule has 3 amide bonds. The van der Waals surface area contributed by atoms with E-state index < -0.39 is 35.9 Å². The topological polar surface area (TPSA) is 167 Å². The second kappa shape index (κ2) is 17.2.